The number of benzene rings is 1. The highest BCUT2D eigenvalue weighted by Crippen LogP contribution is 2.09. The highest BCUT2D eigenvalue weighted by atomic mass is 16.5. The van der Waals surface area contributed by atoms with E-state index in [9.17, 15) is 4.79 Å². The molecule has 0 fully saturated rings. The molecule has 5 N–H and O–H groups in total. The molecular formula is C12H14N6O2. The third-order valence-corrected chi connectivity index (χ3v) is 2.50. The molecule has 0 saturated heterocycles. The van der Waals surface area contributed by atoms with E-state index in [0.29, 0.717) is 18.1 Å². The van der Waals surface area contributed by atoms with Gasteiger partial charge >= 0.3 is 5.97 Å². The van der Waals surface area contributed by atoms with Gasteiger partial charge in [-0.05, 0) is 17.7 Å². The van der Waals surface area contributed by atoms with Crippen molar-refractivity contribution in [2.75, 3.05) is 23.9 Å². The molecule has 0 radical (unpaired) electrons. The Kier molecular flexibility index (Phi) is 3.94. The Morgan fingerprint density at radius 2 is 1.75 bits per heavy atom. The Hall–Kier alpha value is -2.90. The van der Waals surface area contributed by atoms with Gasteiger partial charge in [0, 0.05) is 6.54 Å². The van der Waals surface area contributed by atoms with Gasteiger partial charge in [-0.25, -0.2) is 4.79 Å². The van der Waals surface area contributed by atoms with Crippen molar-refractivity contribution in [1.82, 2.24) is 15.0 Å². The number of anilines is 3. The number of nitrogens with zero attached hydrogens (tertiary/aromatic N) is 3. The Labute approximate surface area is 115 Å². The van der Waals surface area contributed by atoms with Crippen LogP contribution in [-0.2, 0) is 11.3 Å². The summed E-state index contributed by atoms with van der Waals surface area (Å²) in [5.74, 6) is 0.0386. The van der Waals surface area contributed by atoms with Gasteiger partial charge in [0.05, 0.1) is 12.7 Å². The molecule has 0 saturated carbocycles. The SMILES string of the molecule is COC(=O)c1ccc(CNc2nc(N)nc(N)n2)cc1. The number of ether oxygens (including phenoxy) is 1. The van der Waals surface area contributed by atoms with Gasteiger partial charge in [-0.1, -0.05) is 12.1 Å². The molecule has 8 heteroatoms. The van der Waals surface area contributed by atoms with Gasteiger partial charge in [0.1, 0.15) is 0 Å². The lowest BCUT2D eigenvalue weighted by molar-refractivity contribution is 0.0600. The molecule has 0 atom stereocenters. The van der Waals surface area contributed by atoms with Crippen LogP contribution in [0.15, 0.2) is 24.3 Å². The lowest BCUT2D eigenvalue weighted by atomic mass is 10.1. The Balaban J connectivity index is 2.02. The van der Waals surface area contributed by atoms with Gasteiger partial charge in [0.25, 0.3) is 0 Å². The number of carbonyl (C=O) groups excluding carboxylic acids is 1. The number of nitrogens with one attached hydrogen (secondary N) is 1. The van der Waals surface area contributed by atoms with E-state index >= 15 is 0 Å². The maximum Gasteiger partial charge on any atom is 0.337 e. The van der Waals surface area contributed by atoms with Crippen LogP contribution >= 0.6 is 0 Å². The summed E-state index contributed by atoms with van der Waals surface area (Å²) < 4.78 is 4.62. The molecule has 0 bridgehead atoms. The van der Waals surface area contributed by atoms with Crippen LogP contribution in [0.2, 0.25) is 0 Å². The van der Waals surface area contributed by atoms with Crippen LogP contribution in [0.5, 0.6) is 0 Å². The molecule has 2 rings (SSSR count). The molecule has 20 heavy (non-hydrogen) atoms. The zero-order valence-corrected chi connectivity index (χ0v) is 10.8. The van der Waals surface area contributed by atoms with E-state index in [0.717, 1.165) is 5.56 Å². The molecule has 0 aliphatic heterocycles. The minimum absolute atomic E-state index is 0.0565. The number of rotatable bonds is 4. The molecule has 2 aromatic rings. The predicted octanol–water partition coefficient (Wildman–Crippen LogP) is 0.435. The molecule has 0 aliphatic rings. The van der Waals surface area contributed by atoms with Gasteiger partial charge in [0.15, 0.2) is 0 Å². The smallest absolute Gasteiger partial charge is 0.337 e. The summed E-state index contributed by atoms with van der Waals surface area (Å²) >= 11 is 0. The molecule has 0 spiro atoms. The van der Waals surface area contributed by atoms with Crippen LogP contribution in [0.25, 0.3) is 0 Å². The van der Waals surface area contributed by atoms with E-state index in [-0.39, 0.29) is 17.9 Å². The highest BCUT2D eigenvalue weighted by molar-refractivity contribution is 5.89. The second-order valence-corrected chi connectivity index (χ2v) is 3.92. The summed E-state index contributed by atoms with van der Waals surface area (Å²) in [4.78, 5) is 22.8. The van der Waals surface area contributed by atoms with Crippen LogP contribution in [-0.4, -0.2) is 28.0 Å². The first-order valence-electron chi connectivity index (χ1n) is 5.76. The first kappa shape index (κ1) is 13.5. The van der Waals surface area contributed by atoms with Crippen LogP contribution in [0, 0.1) is 0 Å². The minimum Gasteiger partial charge on any atom is -0.465 e. The van der Waals surface area contributed by atoms with Crippen molar-refractivity contribution < 1.29 is 9.53 Å². The number of hydrogen-bond acceptors (Lipinski definition) is 8. The first-order chi connectivity index (χ1) is 9.58. The fraction of sp³-hybridized carbons (Fsp3) is 0.167. The van der Waals surface area contributed by atoms with E-state index in [2.05, 4.69) is 25.0 Å². The molecule has 0 unspecified atom stereocenters. The van der Waals surface area contributed by atoms with Crippen LogP contribution in [0.4, 0.5) is 17.8 Å². The van der Waals surface area contributed by atoms with Crippen LogP contribution in [0.1, 0.15) is 15.9 Å². The van der Waals surface area contributed by atoms with Gasteiger partial charge in [0.2, 0.25) is 17.8 Å². The van der Waals surface area contributed by atoms with Gasteiger partial charge in [-0.3, -0.25) is 0 Å². The molecular weight excluding hydrogens is 260 g/mol. The summed E-state index contributed by atoms with van der Waals surface area (Å²) in [6, 6.07) is 6.96. The molecule has 0 aliphatic carbocycles. The third kappa shape index (κ3) is 3.31. The number of nitrogens with two attached hydrogens (primary N) is 2. The van der Waals surface area contributed by atoms with Crippen molar-refractivity contribution >= 4 is 23.8 Å². The van der Waals surface area contributed by atoms with E-state index in [4.69, 9.17) is 11.5 Å². The fourth-order valence-electron chi connectivity index (χ4n) is 1.55. The average Bonchev–Trinajstić information content (AvgIpc) is 2.44. The summed E-state index contributed by atoms with van der Waals surface area (Å²) in [7, 11) is 1.34. The normalized spacial score (nSPS) is 10.1. The molecule has 8 nitrogen and oxygen atoms in total. The van der Waals surface area contributed by atoms with Crippen molar-refractivity contribution in [3.8, 4) is 0 Å². The second-order valence-electron chi connectivity index (χ2n) is 3.92. The molecule has 1 aromatic carbocycles. The Morgan fingerprint density at radius 3 is 2.30 bits per heavy atom. The lowest BCUT2D eigenvalue weighted by Crippen LogP contribution is -2.09. The van der Waals surface area contributed by atoms with E-state index in [1.54, 1.807) is 24.3 Å². The lowest BCUT2D eigenvalue weighted by Gasteiger charge is -2.06. The van der Waals surface area contributed by atoms with Crippen molar-refractivity contribution in [1.29, 1.82) is 0 Å². The zero-order valence-electron chi connectivity index (χ0n) is 10.8. The average molecular weight is 274 g/mol. The fourth-order valence-corrected chi connectivity index (χ4v) is 1.55. The Morgan fingerprint density at radius 1 is 1.15 bits per heavy atom. The summed E-state index contributed by atoms with van der Waals surface area (Å²) in [6.07, 6.45) is 0. The van der Waals surface area contributed by atoms with Gasteiger partial charge < -0.3 is 21.5 Å². The van der Waals surface area contributed by atoms with Crippen molar-refractivity contribution in [2.24, 2.45) is 0 Å². The number of carbonyl (C=O) groups is 1. The van der Waals surface area contributed by atoms with E-state index in [1.165, 1.54) is 7.11 Å². The number of hydrogen-bond donors (Lipinski definition) is 3. The maximum atomic E-state index is 11.3. The number of nitrogen functional groups attached to an aromatic ring is 2. The van der Waals surface area contributed by atoms with Crippen LogP contribution < -0.4 is 16.8 Å². The standard InChI is InChI=1S/C12H14N6O2/c1-20-9(19)8-4-2-7(3-5-8)6-15-12-17-10(13)16-11(14)18-12/h2-5H,6H2,1H3,(H5,13,14,15,16,17,18). The van der Waals surface area contributed by atoms with Crippen LogP contribution in [0.3, 0.4) is 0 Å². The number of aromatic nitrogens is 3. The van der Waals surface area contributed by atoms with Crippen molar-refractivity contribution in [3.05, 3.63) is 35.4 Å². The zero-order chi connectivity index (χ0) is 14.5. The quantitative estimate of drug-likeness (QED) is 0.684. The van der Waals surface area contributed by atoms with Gasteiger partial charge in [-0.15, -0.1) is 0 Å². The summed E-state index contributed by atoms with van der Waals surface area (Å²) in [5, 5.41) is 2.97. The number of esters is 1. The number of methoxy groups -OCH3 is 1. The maximum absolute atomic E-state index is 11.3. The van der Waals surface area contributed by atoms with Crippen molar-refractivity contribution in [3.63, 3.8) is 0 Å². The van der Waals surface area contributed by atoms with E-state index in [1.807, 2.05) is 0 Å². The second kappa shape index (κ2) is 5.83. The third-order valence-electron chi connectivity index (χ3n) is 2.50. The molecule has 1 heterocycles. The van der Waals surface area contributed by atoms with Crippen molar-refractivity contribution in [2.45, 2.75) is 6.54 Å². The minimum atomic E-state index is -0.373. The van der Waals surface area contributed by atoms with Gasteiger partial charge in [-0.2, -0.15) is 15.0 Å². The Bertz CT molecular complexity index is 594. The highest BCUT2D eigenvalue weighted by Gasteiger charge is 2.05. The summed E-state index contributed by atoms with van der Waals surface area (Å²) in [5.41, 5.74) is 12.4. The topological polar surface area (TPSA) is 129 Å². The summed E-state index contributed by atoms with van der Waals surface area (Å²) in [6.45, 7) is 0.463. The van der Waals surface area contributed by atoms with E-state index < -0.39 is 0 Å². The monoisotopic (exact) mass is 274 g/mol. The molecule has 104 valence electrons. The molecule has 0 amide bonds. The first-order valence-corrected chi connectivity index (χ1v) is 5.76. The molecule has 1 aromatic heterocycles. The predicted molar refractivity (Wildman–Crippen MR) is 73.8 cm³/mol. The largest absolute Gasteiger partial charge is 0.465 e.